The van der Waals surface area contributed by atoms with Crippen molar-refractivity contribution in [2.75, 3.05) is 5.75 Å². The number of para-hydroxylation sites is 1. The molecule has 1 aromatic rings. The van der Waals surface area contributed by atoms with E-state index >= 15 is 0 Å². The number of hydrogen-bond donors (Lipinski definition) is 0. The fourth-order valence-electron chi connectivity index (χ4n) is 0.965. The maximum absolute atomic E-state index is 11.3. The Kier molecular flexibility index (Phi) is 3.30. The molecule has 0 fully saturated rings. The molecule has 0 saturated heterocycles. The van der Waals surface area contributed by atoms with E-state index < -0.39 is 10.1 Å². The molecule has 0 atom stereocenters. The Morgan fingerprint density at radius 1 is 1.43 bits per heavy atom. The largest absolute Gasteiger partial charge is 0.382 e. The van der Waals surface area contributed by atoms with Crippen molar-refractivity contribution in [2.24, 2.45) is 0 Å². The lowest BCUT2D eigenvalue weighted by Crippen LogP contribution is -2.12. The Balaban J connectivity index is 2.89. The van der Waals surface area contributed by atoms with Crippen LogP contribution < -0.4 is 4.18 Å². The van der Waals surface area contributed by atoms with Crippen LogP contribution in [-0.4, -0.2) is 14.2 Å². The third-order valence-corrected chi connectivity index (χ3v) is 2.71. The van der Waals surface area contributed by atoms with Gasteiger partial charge in [-0.15, -0.1) is 6.58 Å². The van der Waals surface area contributed by atoms with Crippen LogP contribution in [0.2, 0.25) is 0 Å². The summed E-state index contributed by atoms with van der Waals surface area (Å²) in [6.45, 7) is 5.14. The van der Waals surface area contributed by atoms with Crippen LogP contribution in [0.3, 0.4) is 0 Å². The lowest BCUT2D eigenvalue weighted by Gasteiger charge is -2.06. The summed E-state index contributed by atoms with van der Waals surface area (Å²) in [5, 5.41) is 0. The number of hydrogen-bond acceptors (Lipinski definition) is 3. The zero-order valence-corrected chi connectivity index (χ0v) is 8.75. The van der Waals surface area contributed by atoms with Crippen molar-refractivity contribution in [1.82, 2.24) is 0 Å². The van der Waals surface area contributed by atoms with E-state index in [-0.39, 0.29) is 5.75 Å². The van der Waals surface area contributed by atoms with Gasteiger partial charge in [0, 0.05) is 0 Å². The molecule has 3 nitrogen and oxygen atoms in total. The summed E-state index contributed by atoms with van der Waals surface area (Å²) in [5.74, 6) is 0.191. The summed E-state index contributed by atoms with van der Waals surface area (Å²) < 4.78 is 27.4. The summed E-state index contributed by atoms with van der Waals surface area (Å²) in [4.78, 5) is 0. The highest BCUT2D eigenvalue weighted by Gasteiger charge is 2.11. The van der Waals surface area contributed by atoms with Gasteiger partial charge in [0.1, 0.15) is 11.5 Å². The Morgan fingerprint density at radius 2 is 2.07 bits per heavy atom. The zero-order valence-electron chi connectivity index (χ0n) is 7.93. The van der Waals surface area contributed by atoms with Crippen LogP contribution in [0.4, 0.5) is 0 Å². The molecule has 0 bridgehead atoms. The van der Waals surface area contributed by atoms with Gasteiger partial charge in [0.15, 0.2) is 0 Å². The molecule has 1 rings (SSSR count). The summed E-state index contributed by atoms with van der Waals surface area (Å²) in [6.07, 6.45) is 1.30. The molecule has 76 valence electrons. The zero-order chi connectivity index (χ0) is 10.6. The molecule has 0 radical (unpaired) electrons. The highest BCUT2D eigenvalue weighted by Crippen LogP contribution is 2.18. The van der Waals surface area contributed by atoms with Gasteiger partial charge < -0.3 is 4.18 Å². The van der Waals surface area contributed by atoms with Crippen molar-refractivity contribution in [1.29, 1.82) is 0 Å². The summed E-state index contributed by atoms with van der Waals surface area (Å²) in [5.41, 5.74) is 0.792. The van der Waals surface area contributed by atoms with Crippen LogP contribution in [0.1, 0.15) is 5.56 Å². The fourth-order valence-corrected chi connectivity index (χ4v) is 1.78. The van der Waals surface area contributed by atoms with E-state index in [1.54, 1.807) is 25.1 Å². The van der Waals surface area contributed by atoms with E-state index in [0.717, 1.165) is 5.56 Å². The summed E-state index contributed by atoms with van der Waals surface area (Å²) >= 11 is 0. The lowest BCUT2D eigenvalue weighted by atomic mass is 10.2. The fraction of sp³-hybridized carbons (Fsp3) is 0.200. The number of rotatable bonds is 4. The highest BCUT2D eigenvalue weighted by atomic mass is 32.2. The molecule has 0 spiro atoms. The molecule has 0 saturated carbocycles. The maximum Gasteiger partial charge on any atom is 0.312 e. The Labute approximate surface area is 84.1 Å². The smallest absolute Gasteiger partial charge is 0.312 e. The van der Waals surface area contributed by atoms with Gasteiger partial charge in [0.25, 0.3) is 0 Å². The van der Waals surface area contributed by atoms with E-state index in [9.17, 15) is 8.42 Å². The minimum atomic E-state index is -3.53. The minimum Gasteiger partial charge on any atom is -0.382 e. The Hall–Kier alpha value is -1.29. The van der Waals surface area contributed by atoms with Gasteiger partial charge in [-0.1, -0.05) is 24.3 Å². The first kappa shape index (κ1) is 10.8. The summed E-state index contributed by atoms with van der Waals surface area (Å²) in [7, 11) is -3.53. The first-order chi connectivity index (χ1) is 6.55. The topological polar surface area (TPSA) is 43.4 Å². The van der Waals surface area contributed by atoms with Gasteiger partial charge in [-0.3, -0.25) is 0 Å². The van der Waals surface area contributed by atoms with Crippen molar-refractivity contribution >= 4 is 10.1 Å². The van der Waals surface area contributed by atoms with Crippen LogP contribution >= 0.6 is 0 Å². The number of aryl methyl sites for hydroxylation is 1. The molecule has 0 amide bonds. The third kappa shape index (κ3) is 2.88. The normalized spacial score (nSPS) is 10.9. The summed E-state index contributed by atoms with van der Waals surface area (Å²) in [6, 6.07) is 6.96. The Bertz CT molecular complexity index is 421. The van der Waals surface area contributed by atoms with E-state index in [0.29, 0.717) is 5.75 Å². The first-order valence-corrected chi connectivity index (χ1v) is 5.71. The van der Waals surface area contributed by atoms with E-state index in [1.165, 1.54) is 6.08 Å². The molecule has 4 heteroatoms. The second-order valence-electron chi connectivity index (χ2n) is 2.86. The average molecular weight is 212 g/mol. The second kappa shape index (κ2) is 4.28. The molecular weight excluding hydrogens is 200 g/mol. The Morgan fingerprint density at radius 3 is 2.64 bits per heavy atom. The minimum absolute atomic E-state index is 0.179. The SMILES string of the molecule is C=CCS(=O)(=O)Oc1ccccc1C. The van der Waals surface area contributed by atoms with Gasteiger partial charge in [0.05, 0.1) is 0 Å². The molecular formula is C10H12O3S. The van der Waals surface area contributed by atoms with Gasteiger partial charge >= 0.3 is 10.1 Å². The molecule has 0 aliphatic rings. The molecule has 0 heterocycles. The van der Waals surface area contributed by atoms with Gasteiger partial charge in [-0.25, -0.2) is 0 Å². The van der Waals surface area contributed by atoms with E-state index in [4.69, 9.17) is 4.18 Å². The molecule has 0 unspecified atom stereocenters. The van der Waals surface area contributed by atoms with E-state index in [2.05, 4.69) is 6.58 Å². The molecule has 0 N–H and O–H groups in total. The van der Waals surface area contributed by atoms with Crippen molar-refractivity contribution in [3.05, 3.63) is 42.5 Å². The third-order valence-electron chi connectivity index (χ3n) is 1.63. The van der Waals surface area contributed by atoms with Gasteiger partial charge in [-0.2, -0.15) is 8.42 Å². The molecule has 1 aromatic carbocycles. The molecule has 0 aliphatic heterocycles. The van der Waals surface area contributed by atoms with Crippen LogP contribution in [0.5, 0.6) is 5.75 Å². The monoisotopic (exact) mass is 212 g/mol. The molecule has 0 aliphatic carbocycles. The first-order valence-electron chi connectivity index (χ1n) is 4.14. The van der Waals surface area contributed by atoms with Crippen LogP contribution in [-0.2, 0) is 10.1 Å². The highest BCUT2D eigenvalue weighted by molar-refractivity contribution is 7.87. The van der Waals surface area contributed by atoms with Crippen molar-refractivity contribution in [2.45, 2.75) is 6.92 Å². The predicted molar refractivity (Wildman–Crippen MR) is 55.8 cm³/mol. The lowest BCUT2D eigenvalue weighted by molar-refractivity contribution is 0.487. The number of benzene rings is 1. The van der Waals surface area contributed by atoms with Crippen molar-refractivity contribution in [3.8, 4) is 5.75 Å². The quantitative estimate of drug-likeness (QED) is 0.565. The van der Waals surface area contributed by atoms with Crippen LogP contribution in [0, 0.1) is 6.92 Å². The van der Waals surface area contributed by atoms with Crippen LogP contribution in [0.25, 0.3) is 0 Å². The predicted octanol–water partition coefficient (Wildman–Crippen LogP) is 1.89. The molecule has 14 heavy (non-hydrogen) atoms. The van der Waals surface area contributed by atoms with Crippen molar-refractivity contribution < 1.29 is 12.6 Å². The van der Waals surface area contributed by atoms with Gasteiger partial charge in [-0.05, 0) is 18.6 Å². The van der Waals surface area contributed by atoms with E-state index in [1.807, 2.05) is 6.07 Å². The second-order valence-corrected chi connectivity index (χ2v) is 4.48. The standard InChI is InChI=1S/C10H12O3S/c1-3-8-14(11,12)13-10-7-5-4-6-9(10)2/h3-7H,1,8H2,2H3. The van der Waals surface area contributed by atoms with Crippen molar-refractivity contribution in [3.63, 3.8) is 0 Å². The molecule has 0 aromatic heterocycles. The van der Waals surface area contributed by atoms with Crippen LogP contribution in [0.15, 0.2) is 36.9 Å². The average Bonchev–Trinajstić information content (AvgIpc) is 2.08. The van der Waals surface area contributed by atoms with Gasteiger partial charge in [0.2, 0.25) is 0 Å². The maximum atomic E-state index is 11.3.